The topological polar surface area (TPSA) is 35.2 Å². The Bertz CT molecular complexity index is 336. The number of aryl methyl sites for hydroxylation is 1. The fourth-order valence-electron chi connectivity index (χ4n) is 1.47. The first-order chi connectivity index (χ1) is 5.70. The molecule has 0 saturated heterocycles. The summed E-state index contributed by atoms with van der Waals surface area (Å²) in [7, 11) is 0. The van der Waals surface area contributed by atoms with E-state index in [4.69, 9.17) is 10.5 Å². The molecule has 2 nitrogen and oxygen atoms in total. The normalized spacial score (nSPS) is 14.2. The predicted molar refractivity (Wildman–Crippen MR) is 52.5 cm³/mol. The molecule has 0 radical (unpaired) electrons. The SMILES string of the molecule is Cc1cc2c(c(N)c1Br)CCO2. The summed E-state index contributed by atoms with van der Waals surface area (Å²) in [6.07, 6.45) is 0.931. The minimum atomic E-state index is 0.759. The number of rotatable bonds is 0. The molecule has 0 aliphatic carbocycles. The van der Waals surface area contributed by atoms with Crippen molar-refractivity contribution in [2.45, 2.75) is 13.3 Å². The van der Waals surface area contributed by atoms with Gasteiger partial charge in [0.15, 0.2) is 0 Å². The van der Waals surface area contributed by atoms with Gasteiger partial charge in [0.1, 0.15) is 5.75 Å². The third-order valence-electron chi connectivity index (χ3n) is 2.16. The van der Waals surface area contributed by atoms with Crippen molar-refractivity contribution in [3.63, 3.8) is 0 Å². The second-order valence-corrected chi connectivity index (χ2v) is 3.79. The number of hydrogen-bond donors (Lipinski definition) is 1. The van der Waals surface area contributed by atoms with Gasteiger partial charge in [-0.2, -0.15) is 0 Å². The molecule has 1 aromatic carbocycles. The minimum absolute atomic E-state index is 0.759. The van der Waals surface area contributed by atoms with Crippen LogP contribution in [0.2, 0.25) is 0 Å². The van der Waals surface area contributed by atoms with E-state index in [1.807, 2.05) is 13.0 Å². The number of fused-ring (bicyclic) bond motifs is 1. The first kappa shape index (κ1) is 7.92. The van der Waals surface area contributed by atoms with Gasteiger partial charge in [-0.25, -0.2) is 0 Å². The highest BCUT2D eigenvalue weighted by Gasteiger charge is 2.18. The van der Waals surface area contributed by atoms with Crippen molar-refractivity contribution in [2.75, 3.05) is 12.3 Å². The van der Waals surface area contributed by atoms with Crippen molar-refractivity contribution in [1.29, 1.82) is 0 Å². The second kappa shape index (κ2) is 2.66. The quantitative estimate of drug-likeness (QED) is 0.691. The summed E-state index contributed by atoms with van der Waals surface area (Å²) in [6.45, 7) is 2.78. The zero-order valence-electron chi connectivity index (χ0n) is 6.86. The van der Waals surface area contributed by atoms with Gasteiger partial charge in [0, 0.05) is 16.5 Å². The number of hydrogen-bond acceptors (Lipinski definition) is 2. The molecule has 3 heteroatoms. The van der Waals surface area contributed by atoms with Crippen LogP contribution in [-0.2, 0) is 6.42 Å². The zero-order chi connectivity index (χ0) is 8.72. The van der Waals surface area contributed by atoms with Crippen molar-refractivity contribution in [3.8, 4) is 5.75 Å². The largest absolute Gasteiger partial charge is 0.493 e. The van der Waals surface area contributed by atoms with Crippen LogP contribution in [-0.4, -0.2) is 6.61 Å². The van der Waals surface area contributed by atoms with Gasteiger partial charge < -0.3 is 10.5 Å². The number of ether oxygens (including phenoxy) is 1. The van der Waals surface area contributed by atoms with Gasteiger partial charge in [-0.05, 0) is 34.5 Å². The number of halogens is 1. The van der Waals surface area contributed by atoms with Crippen LogP contribution in [0.3, 0.4) is 0 Å². The third-order valence-corrected chi connectivity index (χ3v) is 3.22. The van der Waals surface area contributed by atoms with Crippen LogP contribution in [0, 0.1) is 6.92 Å². The Morgan fingerprint density at radius 3 is 3.08 bits per heavy atom. The highest BCUT2D eigenvalue weighted by atomic mass is 79.9. The fraction of sp³-hybridized carbons (Fsp3) is 0.333. The Hall–Kier alpha value is -0.700. The highest BCUT2D eigenvalue weighted by Crippen LogP contribution is 2.37. The van der Waals surface area contributed by atoms with E-state index in [-0.39, 0.29) is 0 Å². The lowest BCUT2D eigenvalue weighted by Gasteiger charge is -2.07. The maximum absolute atomic E-state index is 5.91. The summed E-state index contributed by atoms with van der Waals surface area (Å²) in [6, 6.07) is 2.03. The van der Waals surface area contributed by atoms with E-state index in [1.54, 1.807) is 0 Å². The Morgan fingerprint density at radius 1 is 1.58 bits per heavy atom. The molecule has 0 spiro atoms. The van der Waals surface area contributed by atoms with Crippen LogP contribution in [0.1, 0.15) is 11.1 Å². The highest BCUT2D eigenvalue weighted by molar-refractivity contribution is 9.10. The number of nitrogens with two attached hydrogens (primary N) is 1. The Morgan fingerprint density at radius 2 is 2.33 bits per heavy atom. The molecule has 0 aromatic heterocycles. The van der Waals surface area contributed by atoms with E-state index in [2.05, 4.69) is 15.9 Å². The first-order valence-corrected chi connectivity index (χ1v) is 4.69. The van der Waals surface area contributed by atoms with E-state index in [9.17, 15) is 0 Å². The van der Waals surface area contributed by atoms with E-state index in [1.165, 1.54) is 0 Å². The number of nitrogen functional groups attached to an aromatic ring is 1. The second-order valence-electron chi connectivity index (χ2n) is 3.00. The summed E-state index contributed by atoms with van der Waals surface area (Å²) < 4.78 is 6.42. The van der Waals surface area contributed by atoms with Crippen molar-refractivity contribution in [1.82, 2.24) is 0 Å². The Labute approximate surface area is 79.8 Å². The molecule has 1 aliphatic rings. The lowest BCUT2D eigenvalue weighted by Crippen LogP contribution is -1.94. The average molecular weight is 228 g/mol. The van der Waals surface area contributed by atoms with Crippen molar-refractivity contribution in [3.05, 3.63) is 21.7 Å². The molecule has 12 heavy (non-hydrogen) atoms. The van der Waals surface area contributed by atoms with Crippen LogP contribution in [0.15, 0.2) is 10.5 Å². The molecular weight excluding hydrogens is 218 g/mol. The lowest BCUT2D eigenvalue weighted by molar-refractivity contribution is 0.356. The van der Waals surface area contributed by atoms with Gasteiger partial charge in [0.25, 0.3) is 0 Å². The summed E-state index contributed by atoms with van der Waals surface area (Å²) in [4.78, 5) is 0. The van der Waals surface area contributed by atoms with Crippen LogP contribution < -0.4 is 10.5 Å². The molecule has 1 aromatic rings. The van der Waals surface area contributed by atoms with E-state index in [0.29, 0.717) is 0 Å². The molecule has 0 atom stereocenters. The molecule has 1 aliphatic heterocycles. The lowest BCUT2D eigenvalue weighted by atomic mass is 10.1. The summed E-state index contributed by atoms with van der Waals surface area (Å²) >= 11 is 3.45. The summed E-state index contributed by atoms with van der Waals surface area (Å²) in [5.41, 5.74) is 9.02. The van der Waals surface area contributed by atoms with Crippen LogP contribution in [0.4, 0.5) is 5.69 Å². The first-order valence-electron chi connectivity index (χ1n) is 3.90. The maximum atomic E-state index is 5.91. The zero-order valence-corrected chi connectivity index (χ0v) is 8.44. The van der Waals surface area contributed by atoms with Crippen molar-refractivity contribution in [2.24, 2.45) is 0 Å². The van der Waals surface area contributed by atoms with E-state index < -0.39 is 0 Å². The number of anilines is 1. The molecule has 2 rings (SSSR count). The van der Waals surface area contributed by atoms with Gasteiger partial charge in [-0.3, -0.25) is 0 Å². The third kappa shape index (κ3) is 1.00. The number of benzene rings is 1. The van der Waals surface area contributed by atoms with Gasteiger partial charge in [0.2, 0.25) is 0 Å². The molecule has 0 amide bonds. The Kier molecular flexibility index (Phi) is 1.76. The van der Waals surface area contributed by atoms with E-state index in [0.717, 1.165) is 40.1 Å². The molecule has 1 heterocycles. The smallest absolute Gasteiger partial charge is 0.125 e. The molecule has 0 saturated carbocycles. The van der Waals surface area contributed by atoms with Gasteiger partial charge in [0.05, 0.1) is 12.3 Å². The monoisotopic (exact) mass is 227 g/mol. The molecule has 64 valence electrons. The van der Waals surface area contributed by atoms with Gasteiger partial charge in [-0.1, -0.05) is 0 Å². The maximum Gasteiger partial charge on any atom is 0.125 e. The fourth-order valence-corrected chi connectivity index (χ4v) is 1.83. The Balaban J connectivity index is 2.67. The average Bonchev–Trinajstić information content (AvgIpc) is 2.48. The van der Waals surface area contributed by atoms with Gasteiger partial charge >= 0.3 is 0 Å². The minimum Gasteiger partial charge on any atom is -0.493 e. The summed E-state index contributed by atoms with van der Waals surface area (Å²) in [5.74, 6) is 0.952. The van der Waals surface area contributed by atoms with Crippen LogP contribution in [0.5, 0.6) is 5.75 Å². The van der Waals surface area contributed by atoms with Gasteiger partial charge in [-0.15, -0.1) is 0 Å². The molecule has 0 unspecified atom stereocenters. The van der Waals surface area contributed by atoms with Crippen molar-refractivity contribution >= 4 is 21.6 Å². The molecule has 2 N–H and O–H groups in total. The summed E-state index contributed by atoms with van der Waals surface area (Å²) in [5, 5.41) is 0. The van der Waals surface area contributed by atoms with Crippen molar-refractivity contribution < 1.29 is 4.74 Å². The van der Waals surface area contributed by atoms with E-state index >= 15 is 0 Å². The standard InChI is InChI=1S/C9H10BrNO/c1-5-4-7-6(2-3-12-7)9(11)8(5)10/h4H,2-3,11H2,1H3. The predicted octanol–water partition coefficient (Wildman–Crippen LogP) is 2.27. The van der Waals surface area contributed by atoms with Crippen LogP contribution in [0.25, 0.3) is 0 Å². The molecule has 0 fully saturated rings. The van der Waals surface area contributed by atoms with Crippen LogP contribution >= 0.6 is 15.9 Å². The molecule has 0 bridgehead atoms. The molecular formula is C9H10BrNO.